The molecule has 5 aromatic rings. The van der Waals surface area contributed by atoms with Crippen LogP contribution in [0.5, 0.6) is 11.6 Å². The van der Waals surface area contributed by atoms with Crippen molar-refractivity contribution in [1.29, 1.82) is 0 Å². The monoisotopic (exact) mass is 626 g/mol. The average molecular weight is 627 g/mol. The third kappa shape index (κ3) is 5.58. The molecule has 228 valence electrons. The second kappa shape index (κ2) is 11.9. The number of rotatable bonds is 8. The molecule has 1 saturated heterocycles. The summed E-state index contributed by atoms with van der Waals surface area (Å²) in [5.74, 6) is -2.81. The molecule has 3 heterocycles. The number of ether oxygens (including phenoxy) is 1. The van der Waals surface area contributed by atoms with Crippen LogP contribution in [0.2, 0.25) is 0 Å². The van der Waals surface area contributed by atoms with Crippen molar-refractivity contribution in [3.63, 3.8) is 0 Å². The first kappa shape index (κ1) is 28.8. The highest BCUT2D eigenvalue weighted by Crippen LogP contribution is 2.47. The molecule has 1 unspecified atom stereocenters. The molecule has 9 nitrogen and oxygen atoms in total. The molecule has 2 aromatic heterocycles. The van der Waals surface area contributed by atoms with Crippen LogP contribution in [0.25, 0.3) is 22.4 Å². The van der Waals surface area contributed by atoms with E-state index < -0.39 is 38.3 Å². The summed E-state index contributed by atoms with van der Waals surface area (Å²) in [4.78, 5) is 13.1. The first-order valence-corrected chi connectivity index (χ1v) is 16.0. The van der Waals surface area contributed by atoms with Crippen molar-refractivity contribution < 1.29 is 21.9 Å². The van der Waals surface area contributed by atoms with Gasteiger partial charge in [0.15, 0.2) is 11.6 Å². The van der Waals surface area contributed by atoms with E-state index in [-0.39, 0.29) is 11.9 Å². The highest BCUT2D eigenvalue weighted by Gasteiger charge is 2.38. The second-order valence-electron chi connectivity index (χ2n) is 10.9. The quantitative estimate of drug-likeness (QED) is 0.184. The van der Waals surface area contributed by atoms with Gasteiger partial charge in [0.2, 0.25) is 27.7 Å². The van der Waals surface area contributed by atoms with Crippen LogP contribution in [0.15, 0.2) is 91.3 Å². The number of pyridine rings is 1. The minimum absolute atomic E-state index is 0.00714. The minimum Gasteiger partial charge on any atom is -0.435 e. The van der Waals surface area contributed by atoms with Crippen molar-refractivity contribution in [3.05, 3.63) is 114 Å². The summed E-state index contributed by atoms with van der Waals surface area (Å²) in [6, 6.07) is 21.8. The third-order valence-corrected chi connectivity index (χ3v) is 9.56. The SMILES string of the molecule is O=S(=O)(Nc1ccc(Oc2ncccc2-c2ccnc(NC3CCCNC3)n2)c(F)c1F)C1c2ccccc2-c2ccccc21. The molecular weight excluding hydrogens is 598 g/mol. The number of benzene rings is 3. The van der Waals surface area contributed by atoms with Crippen LogP contribution in [0.3, 0.4) is 0 Å². The fraction of sp³-hybridized carbons (Fsp3) is 0.182. The number of hydrogen-bond acceptors (Lipinski definition) is 8. The summed E-state index contributed by atoms with van der Waals surface area (Å²) < 4.78 is 66.2. The Balaban J connectivity index is 1.14. The van der Waals surface area contributed by atoms with Gasteiger partial charge in [0, 0.05) is 25.0 Å². The van der Waals surface area contributed by atoms with Gasteiger partial charge < -0.3 is 15.4 Å². The summed E-state index contributed by atoms with van der Waals surface area (Å²) in [7, 11) is -4.24. The molecule has 1 aliphatic heterocycles. The highest BCUT2D eigenvalue weighted by atomic mass is 32.2. The minimum atomic E-state index is -4.24. The largest absolute Gasteiger partial charge is 0.435 e. The lowest BCUT2D eigenvalue weighted by molar-refractivity contribution is 0.407. The van der Waals surface area contributed by atoms with Crippen molar-refractivity contribution in [2.75, 3.05) is 23.1 Å². The average Bonchev–Trinajstić information content (AvgIpc) is 3.41. The first-order chi connectivity index (χ1) is 21.9. The predicted octanol–water partition coefficient (Wildman–Crippen LogP) is 6.28. The number of aromatic nitrogens is 3. The Bertz CT molecular complexity index is 1960. The molecule has 0 radical (unpaired) electrons. The fourth-order valence-corrected chi connectivity index (χ4v) is 7.51. The van der Waals surface area contributed by atoms with E-state index in [2.05, 4.69) is 30.3 Å². The van der Waals surface area contributed by atoms with Crippen LogP contribution >= 0.6 is 0 Å². The van der Waals surface area contributed by atoms with Gasteiger partial charge in [-0.05, 0) is 72.0 Å². The van der Waals surface area contributed by atoms with Gasteiger partial charge in [0.25, 0.3) is 0 Å². The molecule has 1 aliphatic carbocycles. The van der Waals surface area contributed by atoms with Gasteiger partial charge >= 0.3 is 0 Å². The van der Waals surface area contributed by atoms with E-state index in [0.29, 0.717) is 28.3 Å². The summed E-state index contributed by atoms with van der Waals surface area (Å²) >= 11 is 0. The molecule has 0 bridgehead atoms. The lowest BCUT2D eigenvalue weighted by Crippen LogP contribution is -2.38. The number of fused-ring (bicyclic) bond motifs is 3. The molecule has 0 saturated carbocycles. The van der Waals surface area contributed by atoms with Gasteiger partial charge in [-0.15, -0.1) is 0 Å². The first-order valence-electron chi connectivity index (χ1n) is 14.5. The molecule has 7 rings (SSSR count). The van der Waals surface area contributed by atoms with E-state index in [4.69, 9.17) is 4.74 Å². The summed E-state index contributed by atoms with van der Waals surface area (Å²) in [6.45, 7) is 1.77. The van der Waals surface area contributed by atoms with E-state index in [1.807, 2.05) is 24.3 Å². The summed E-state index contributed by atoms with van der Waals surface area (Å²) in [5, 5.41) is 5.56. The topological polar surface area (TPSA) is 118 Å². The number of nitrogens with one attached hydrogen (secondary N) is 3. The molecule has 1 fully saturated rings. The lowest BCUT2D eigenvalue weighted by Gasteiger charge is -2.23. The van der Waals surface area contributed by atoms with E-state index >= 15 is 8.78 Å². The fourth-order valence-electron chi connectivity index (χ4n) is 5.85. The van der Waals surface area contributed by atoms with Crippen molar-refractivity contribution in [1.82, 2.24) is 20.3 Å². The Kier molecular flexibility index (Phi) is 7.60. The maximum Gasteiger partial charge on any atom is 0.244 e. The Morgan fingerprint density at radius 1 is 0.822 bits per heavy atom. The number of sulfonamides is 1. The van der Waals surface area contributed by atoms with Crippen molar-refractivity contribution in [3.8, 4) is 34.0 Å². The summed E-state index contributed by atoms with van der Waals surface area (Å²) in [5.41, 5.74) is 3.06. The molecular formula is C33H28F2N6O3S. The third-order valence-electron chi connectivity index (χ3n) is 7.93. The maximum absolute atomic E-state index is 15.4. The smallest absolute Gasteiger partial charge is 0.244 e. The number of hydrogen-bond donors (Lipinski definition) is 3. The maximum atomic E-state index is 15.4. The molecule has 1 atom stereocenters. The van der Waals surface area contributed by atoms with Crippen LogP contribution < -0.4 is 20.1 Å². The van der Waals surface area contributed by atoms with Gasteiger partial charge in [0.1, 0.15) is 5.25 Å². The van der Waals surface area contributed by atoms with Gasteiger partial charge in [-0.3, -0.25) is 4.72 Å². The number of piperidine rings is 1. The van der Waals surface area contributed by atoms with Gasteiger partial charge in [-0.25, -0.2) is 27.8 Å². The van der Waals surface area contributed by atoms with Crippen LogP contribution in [-0.2, 0) is 10.0 Å². The van der Waals surface area contributed by atoms with Crippen LogP contribution in [-0.4, -0.2) is 42.5 Å². The molecule has 0 spiro atoms. The normalized spacial score (nSPS) is 16.1. The van der Waals surface area contributed by atoms with Crippen molar-refractivity contribution in [2.45, 2.75) is 24.1 Å². The molecule has 2 aliphatic rings. The molecule has 3 aromatic carbocycles. The number of anilines is 2. The Morgan fingerprint density at radius 3 is 2.29 bits per heavy atom. The van der Waals surface area contributed by atoms with E-state index in [1.54, 1.807) is 48.7 Å². The summed E-state index contributed by atoms with van der Waals surface area (Å²) in [6.07, 6.45) is 5.09. The van der Waals surface area contributed by atoms with Crippen molar-refractivity contribution >= 4 is 21.7 Å². The Hall–Kier alpha value is -4.94. The Labute approximate surface area is 258 Å². The van der Waals surface area contributed by atoms with Crippen LogP contribution in [0.1, 0.15) is 29.2 Å². The Morgan fingerprint density at radius 2 is 1.56 bits per heavy atom. The zero-order valence-electron chi connectivity index (χ0n) is 23.9. The standard InChI is InChI=1S/C33H28F2N6O3S/c34-29-27(41-45(42,43)31-23-10-3-1-8-21(23)22-9-2-4-11-24(22)31)13-14-28(30(29)35)44-32-25(12-6-17-37-32)26-15-18-38-33(40-26)39-20-7-5-16-36-19-20/h1-4,6,8-15,17-18,20,31,36,41H,5,7,16,19H2,(H,38,39,40). The van der Waals surface area contributed by atoms with Crippen LogP contribution in [0, 0.1) is 11.6 Å². The van der Waals surface area contributed by atoms with E-state index in [1.165, 1.54) is 6.20 Å². The zero-order valence-corrected chi connectivity index (χ0v) is 24.7. The second-order valence-corrected chi connectivity index (χ2v) is 12.6. The van der Waals surface area contributed by atoms with E-state index in [0.717, 1.165) is 49.2 Å². The predicted molar refractivity (Wildman–Crippen MR) is 167 cm³/mol. The molecule has 12 heteroatoms. The van der Waals surface area contributed by atoms with Gasteiger partial charge in [-0.1, -0.05) is 48.5 Å². The number of halogens is 2. The molecule has 3 N–H and O–H groups in total. The number of nitrogens with zero attached hydrogens (tertiary/aromatic N) is 3. The molecule has 0 amide bonds. The van der Waals surface area contributed by atoms with Crippen molar-refractivity contribution in [2.24, 2.45) is 0 Å². The van der Waals surface area contributed by atoms with Crippen LogP contribution in [0.4, 0.5) is 20.4 Å². The van der Waals surface area contributed by atoms with E-state index in [9.17, 15) is 8.42 Å². The van der Waals surface area contributed by atoms with Gasteiger partial charge in [-0.2, -0.15) is 4.39 Å². The highest BCUT2D eigenvalue weighted by molar-refractivity contribution is 7.93. The zero-order chi connectivity index (χ0) is 31.0. The lowest BCUT2D eigenvalue weighted by atomic mass is 10.1. The molecule has 45 heavy (non-hydrogen) atoms. The van der Waals surface area contributed by atoms with Gasteiger partial charge in [0.05, 0.1) is 16.9 Å².